The maximum atomic E-state index is 13.0. The monoisotopic (exact) mass is 400 g/mol. The van der Waals surface area contributed by atoms with Crippen LogP contribution >= 0.6 is 0 Å². The molecule has 2 amide bonds. The number of para-hydroxylation sites is 2. The fourth-order valence-electron chi connectivity index (χ4n) is 3.31. The Morgan fingerprint density at radius 2 is 1.72 bits per heavy atom. The number of piperidine rings is 1. The fourth-order valence-corrected chi connectivity index (χ4v) is 3.31. The minimum absolute atomic E-state index is 0.0126. The van der Waals surface area contributed by atoms with Gasteiger partial charge in [0, 0.05) is 19.1 Å². The summed E-state index contributed by atoms with van der Waals surface area (Å²) in [5.41, 5.74) is 0.792. The van der Waals surface area contributed by atoms with Gasteiger partial charge in [0.05, 0.1) is 13.5 Å². The number of halogens is 1. The first-order valence-electron chi connectivity index (χ1n) is 9.62. The van der Waals surface area contributed by atoms with E-state index in [0.717, 1.165) is 5.56 Å². The zero-order valence-corrected chi connectivity index (χ0v) is 16.4. The molecule has 3 rings (SSSR count). The summed E-state index contributed by atoms with van der Waals surface area (Å²) in [7, 11) is 1.55. The Balaban J connectivity index is 1.40. The van der Waals surface area contributed by atoms with Crippen LogP contribution in [0.2, 0.25) is 0 Å². The van der Waals surface area contributed by atoms with E-state index in [2.05, 4.69) is 5.32 Å². The van der Waals surface area contributed by atoms with E-state index in [-0.39, 0.29) is 36.7 Å². The molecule has 1 N–H and O–H groups in total. The second kappa shape index (κ2) is 9.91. The lowest BCUT2D eigenvalue weighted by Crippen LogP contribution is -2.47. The molecule has 2 aromatic carbocycles. The van der Waals surface area contributed by atoms with Crippen molar-refractivity contribution >= 4 is 11.8 Å². The molecule has 2 aromatic rings. The first-order chi connectivity index (χ1) is 14.0. The van der Waals surface area contributed by atoms with Gasteiger partial charge in [-0.3, -0.25) is 9.59 Å². The highest BCUT2D eigenvalue weighted by Gasteiger charge is 2.24. The Bertz CT molecular complexity index is 833. The van der Waals surface area contributed by atoms with Gasteiger partial charge in [-0.1, -0.05) is 24.3 Å². The molecular formula is C22H25FN2O4. The third-order valence-electron chi connectivity index (χ3n) is 4.91. The Labute approximate surface area is 169 Å². The Hall–Kier alpha value is -3.09. The zero-order valence-electron chi connectivity index (χ0n) is 16.4. The summed E-state index contributed by atoms with van der Waals surface area (Å²) in [4.78, 5) is 26.4. The molecule has 0 bridgehead atoms. The summed E-state index contributed by atoms with van der Waals surface area (Å²) in [5, 5.41) is 2.96. The summed E-state index contributed by atoms with van der Waals surface area (Å²) in [6.07, 6.45) is 1.63. The molecule has 0 aromatic heterocycles. The Morgan fingerprint density at radius 3 is 2.38 bits per heavy atom. The van der Waals surface area contributed by atoms with Crippen molar-refractivity contribution in [3.05, 3.63) is 59.9 Å². The van der Waals surface area contributed by atoms with Gasteiger partial charge in [0.2, 0.25) is 5.91 Å². The van der Waals surface area contributed by atoms with Crippen molar-refractivity contribution in [2.45, 2.75) is 25.3 Å². The topological polar surface area (TPSA) is 67.9 Å². The van der Waals surface area contributed by atoms with Crippen LogP contribution in [0.1, 0.15) is 18.4 Å². The van der Waals surface area contributed by atoms with Crippen LogP contribution in [-0.4, -0.2) is 49.6 Å². The predicted molar refractivity (Wildman–Crippen MR) is 106 cm³/mol. The number of methoxy groups -OCH3 is 1. The molecule has 1 heterocycles. The maximum absolute atomic E-state index is 13.0. The first kappa shape index (κ1) is 20.6. The maximum Gasteiger partial charge on any atom is 0.258 e. The Morgan fingerprint density at radius 1 is 1.07 bits per heavy atom. The summed E-state index contributed by atoms with van der Waals surface area (Å²) >= 11 is 0. The van der Waals surface area contributed by atoms with Gasteiger partial charge >= 0.3 is 0 Å². The van der Waals surface area contributed by atoms with Gasteiger partial charge in [-0.05, 0) is 42.7 Å². The lowest BCUT2D eigenvalue weighted by molar-refractivity contribution is -0.131. The summed E-state index contributed by atoms with van der Waals surface area (Å²) < 4.78 is 23.7. The largest absolute Gasteiger partial charge is 0.493 e. The van der Waals surface area contributed by atoms with E-state index in [0.29, 0.717) is 37.4 Å². The van der Waals surface area contributed by atoms with E-state index in [4.69, 9.17) is 9.47 Å². The number of amides is 2. The molecule has 6 nitrogen and oxygen atoms in total. The molecule has 0 saturated carbocycles. The number of hydrogen-bond donors (Lipinski definition) is 1. The zero-order chi connectivity index (χ0) is 20.6. The summed E-state index contributed by atoms with van der Waals surface area (Å²) in [6, 6.07) is 13.1. The third kappa shape index (κ3) is 5.94. The van der Waals surface area contributed by atoms with Crippen LogP contribution in [0.4, 0.5) is 4.39 Å². The van der Waals surface area contributed by atoms with Crippen molar-refractivity contribution in [3.63, 3.8) is 0 Å². The fraction of sp³-hybridized carbons (Fsp3) is 0.364. The SMILES string of the molecule is COc1ccccc1OCC(=O)NC1CCN(C(=O)Cc2ccc(F)cc2)CC1. The number of nitrogens with one attached hydrogen (secondary N) is 1. The van der Waals surface area contributed by atoms with Crippen LogP contribution in [0.25, 0.3) is 0 Å². The lowest BCUT2D eigenvalue weighted by Gasteiger charge is -2.32. The number of ether oxygens (including phenoxy) is 2. The van der Waals surface area contributed by atoms with Crippen LogP contribution in [-0.2, 0) is 16.0 Å². The molecule has 1 aliphatic heterocycles. The van der Waals surface area contributed by atoms with Gasteiger partial charge in [0.1, 0.15) is 5.82 Å². The van der Waals surface area contributed by atoms with Crippen LogP contribution < -0.4 is 14.8 Å². The third-order valence-corrected chi connectivity index (χ3v) is 4.91. The highest BCUT2D eigenvalue weighted by Crippen LogP contribution is 2.25. The van der Waals surface area contributed by atoms with E-state index in [1.165, 1.54) is 12.1 Å². The van der Waals surface area contributed by atoms with Gasteiger partial charge in [-0.15, -0.1) is 0 Å². The molecular weight excluding hydrogens is 375 g/mol. The normalized spacial score (nSPS) is 14.3. The van der Waals surface area contributed by atoms with Crippen molar-refractivity contribution in [3.8, 4) is 11.5 Å². The number of carbonyl (C=O) groups is 2. The van der Waals surface area contributed by atoms with Crippen LogP contribution in [0.15, 0.2) is 48.5 Å². The second-order valence-corrected chi connectivity index (χ2v) is 6.97. The van der Waals surface area contributed by atoms with Crippen molar-refractivity contribution in [2.24, 2.45) is 0 Å². The average molecular weight is 400 g/mol. The van der Waals surface area contributed by atoms with Crippen molar-refractivity contribution in [1.82, 2.24) is 10.2 Å². The smallest absolute Gasteiger partial charge is 0.258 e. The molecule has 0 atom stereocenters. The lowest BCUT2D eigenvalue weighted by atomic mass is 10.0. The minimum atomic E-state index is -0.313. The number of nitrogens with zero attached hydrogens (tertiary/aromatic N) is 1. The molecule has 29 heavy (non-hydrogen) atoms. The second-order valence-electron chi connectivity index (χ2n) is 6.97. The van der Waals surface area contributed by atoms with Crippen LogP contribution in [0, 0.1) is 5.82 Å². The number of carbonyl (C=O) groups excluding carboxylic acids is 2. The minimum Gasteiger partial charge on any atom is -0.493 e. The molecule has 7 heteroatoms. The van der Waals surface area contributed by atoms with Crippen LogP contribution in [0.3, 0.4) is 0 Å². The molecule has 1 aliphatic rings. The van der Waals surface area contributed by atoms with E-state index in [1.54, 1.807) is 36.3 Å². The Kier molecular flexibility index (Phi) is 7.05. The van der Waals surface area contributed by atoms with Gasteiger partial charge in [0.15, 0.2) is 18.1 Å². The predicted octanol–water partition coefficient (Wildman–Crippen LogP) is 2.56. The molecule has 154 valence electrons. The van der Waals surface area contributed by atoms with E-state index < -0.39 is 0 Å². The standard InChI is InChI=1S/C22H25FN2O4/c1-28-19-4-2-3-5-20(19)29-15-21(26)24-18-10-12-25(13-11-18)22(27)14-16-6-8-17(23)9-7-16/h2-9,18H,10-15H2,1H3,(H,24,26). The number of hydrogen-bond acceptors (Lipinski definition) is 4. The van der Waals surface area contributed by atoms with E-state index in [1.807, 2.05) is 12.1 Å². The van der Waals surface area contributed by atoms with Crippen molar-refractivity contribution in [2.75, 3.05) is 26.8 Å². The quantitative estimate of drug-likeness (QED) is 0.776. The summed E-state index contributed by atoms with van der Waals surface area (Å²) in [5.74, 6) is 0.597. The van der Waals surface area contributed by atoms with E-state index >= 15 is 0 Å². The van der Waals surface area contributed by atoms with Gasteiger partial charge in [-0.25, -0.2) is 4.39 Å². The number of rotatable bonds is 7. The average Bonchev–Trinajstić information content (AvgIpc) is 2.74. The van der Waals surface area contributed by atoms with Gasteiger partial charge in [-0.2, -0.15) is 0 Å². The van der Waals surface area contributed by atoms with Gasteiger partial charge in [0.25, 0.3) is 5.91 Å². The molecule has 0 unspecified atom stereocenters. The number of likely N-dealkylation sites (tertiary alicyclic amines) is 1. The molecule has 1 saturated heterocycles. The number of benzene rings is 2. The summed E-state index contributed by atoms with van der Waals surface area (Å²) in [6.45, 7) is 1.07. The highest BCUT2D eigenvalue weighted by molar-refractivity contribution is 5.79. The first-order valence-corrected chi connectivity index (χ1v) is 9.62. The van der Waals surface area contributed by atoms with Gasteiger partial charge < -0.3 is 19.7 Å². The molecule has 1 fully saturated rings. The van der Waals surface area contributed by atoms with Crippen LogP contribution in [0.5, 0.6) is 11.5 Å². The van der Waals surface area contributed by atoms with E-state index in [9.17, 15) is 14.0 Å². The van der Waals surface area contributed by atoms with Crippen molar-refractivity contribution < 1.29 is 23.5 Å². The van der Waals surface area contributed by atoms with Crippen molar-refractivity contribution in [1.29, 1.82) is 0 Å². The molecule has 0 radical (unpaired) electrons. The molecule has 0 aliphatic carbocycles. The highest BCUT2D eigenvalue weighted by atomic mass is 19.1. The molecule has 0 spiro atoms.